The Bertz CT molecular complexity index is 596. The van der Waals surface area contributed by atoms with Crippen LogP contribution in [-0.4, -0.2) is 18.4 Å². The zero-order valence-corrected chi connectivity index (χ0v) is 15.4. The first-order valence-electron chi connectivity index (χ1n) is 8.83. The summed E-state index contributed by atoms with van der Waals surface area (Å²) in [6.07, 6.45) is 4.66. The van der Waals surface area contributed by atoms with Gasteiger partial charge in [-0.1, -0.05) is 57.2 Å². The third-order valence-corrected chi connectivity index (χ3v) is 6.01. The fraction of sp³-hybridized carbons (Fsp3) is 0.550. The Morgan fingerprint density at radius 1 is 1.21 bits per heavy atom. The zero-order valence-electron chi connectivity index (χ0n) is 14.6. The van der Waals surface area contributed by atoms with E-state index in [-0.39, 0.29) is 12.1 Å². The van der Waals surface area contributed by atoms with Gasteiger partial charge >= 0.3 is 5.97 Å². The van der Waals surface area contributed by atoms with Crippen molar-refractivity contribution in [2.24, 2.45) is 17.8 Å². The Hall–Kier alpha value is -1.26. The molecule has 1 saturated carbocycles. The molecule has 0 radical (unpaired) electrons. The van der Waals surface area contributed by atoms with Crippen LogP contribution in [0.15, 0.2) is 46.2 Å². The van der Waals surface area contributed by atoms with Crippen molar-refractivity contribution in [1.82, 2.24) is 0 Å². The van der Waals surface area contributed by atoms with Crippen LogP contribution in [0.25, 0.3) is 0 Å². The Balaban J connectivity index is 1.70. The van der Waals surface area contributed by atoms with Gasteiger partial charge in [0.15, 0.2) is 0 Å². The summed E-state index contributed by atoms with van der Waals surface area (Å²) in [5, 5.41) is 0. The first-order chi connectivity index (χ1) is 11.5. The van der Waals surface area contributed by atoms with Gasteiger partial charge in [0.25, 0.3) is 0 Å². The number of carbonyl (C=O) groups excluding carboxylic acids is 1. The molecule has 0 amide bonds. The molecule has 3 nitrogen and oxygen atoms in total. The minimum Gasteiger partial charge on any atom is -0.427 e. The Labute approximate surface area is 148 Å². The highest BCUT2D eigenvalue weighted by Crippen LogP contribution is 2.40. The monoisotopic (exact) mass is 346 g/mol. The second kappa shape index (κ2) is 7.75. The highest BCUT2D eigenvalue weighted by atomic mass is 32.2. The van der Waals surface area contributed by atoms with Gasteiger partial charge in [0.2, 0.25) is 6.29 Å². The van der Waals surface area contributed by atoms with E-state index >= 15 is 0 Å². The molecule has 130 valence electrons. The van der Waals surface area contributed by atoms with E-state index in [0.29, 0.717) is 17.8 Å². The van der Waals surface area contributed by atoms with E-state index in [1.807, 2.05) is 30.3 Å². The summed E-state index contributed by atoms with van der Waals surface area (Å²) in [6.45, 7) is 6.79. The molecule has 1 aromatic rings. The van der Waals surface area contributed by atoms with E-state index in [4.69, 9.17) is 9.47 Å². The van der Waals surface area contributed by atoms with Crippen LogP contribution in [-0.2, 0) is 14.3 Å². The number of cyclic esters (lactones) is 1. The summed E-state index contributed by atoms with van der Waals surface area (Å²) in [4.78, 5) is 13.7. The van der Waals surface area contributed by atoms with Gasteiger partial charge in [-0.25, -0.2) is 4.79 Å². The maximum Gasteiger partial charge on any atom is 0.334 e. The molecule has 2 aliphatic rings. The topological polar surface area (TPSA) is 35.5 Å². The predicted molar refractivity (Wildman–Crippen MR) is 96.5 cm³/mol. The van der Waals surface area contributed by atoms with Crippen molar-refractivity contribution in [2.45, 2.75) is 57.3 Å². The van der Waals surface area contributed by atoms with E-state index in [0.717, 1.165) is 16.2 Å². The number of hydrogen-bond acceptors (Lipinski definition) is 4. The summed E-state index contributed by atoms with van der Waals surface area (Å²) >= 11 is 1.55. The molecule has 0 unspecified atom stereocenters. The molecule has 0 spiro atoms. The summed E-state index contributed by atoms with van der Waals surface area (Å²) in [5.74, 6) is 1.47. The number of carbonyl (C=O) groups is 1. The SMILES string of the molecule is CC(C)[C@@H]1CC[C@@H](C)C[C@H]1O[C@H]1OC(=O)C=C1Sc1ccccc1. The number of ether oxygens (including phenoxy) is 2. The van der Waals surface area contributed by atoms with Crippen LogP contribution in [0.1, 0.15) is 40.0 Å². The van der Waals surface area contributed by atoms with E-state index in [2.05, 4.69) is 20.8 Å². The lowest BCUT2D eigenvalue weighted by Gasteiger charge is -2.38. The first-order valence-corrected chi connectivity index (χ1v) is 9.65. The van der Waals surface area contributed by atoms with Crippen molar-refractivity contribution in [3.8, 4) is 0 Å². The minimum atomic E-state index is -0.556. The molecule has 0 saturated heterocycles. The molecule has 24 heavy (non-hydrogen) atoms. The van der Waals surface area contributed by atoms with E-state index in [9.17, 15) is 4.79 Å². The minimum absolute atomic E-state index is 0.157. The second-order valence-electron chi connectivity index (χ2n) is 7.23. The molecule has 1 aliphatic carbocycles. The van der Waals surface area contributed by atoms with Crippen molar-refractivity contribution in [1.29, 1.82) is 0 Å². The molecule has 1 aromatic carbocycles. The van der Waals surface area contributed by atoms with Gasteiger partial charge in [0.05, 0.1) is 11.0 Å². The van der Waals surface area contributed by atoms with Crippen LogP contribution in [0.4, 0.5) is 0 Å². The zero-order chi connectivity index (χ0) is 17.1. The van der Waals surface area contributed by atoms with Crippen LogP contribution >= 0.6 is 11.8 Å². The molecule has 0 aromatic heterocycles. The Kier molecular flexibility index (Phi) is 5.67. The largest absolute Gasteiger partial charge is 0.427 e. The molecular weight excluding hydrogens is 320 g/mol. The number of esters is 1. The number of benzene rings is 1. The van der Waals surface area contributed by atoms with Crippen LogP contribution in [0.2, 0.25) is 0 Å². The van der Waals surface area contributed by atoms with Gasteiger partial charge < -0.3 is 9.47 Å². The van der Waals surface area contributed by atoms with Crippen molar-refractivity contribution in [3.05, 3.63) is 41.3 Å². The lowest BCUT2D eigenvalue weighted by molar-refractivity contribution is -0.179. The van der Waals surface area contributed by atoms with Gasteiger partial charge in [-0.2, -0.15) is 0 Å². The average Bonchev–Trinajstić information content (AvgIpc) is 2.87. The lowest BCUT2D eigenvalue weighted by atomic mass is 9.75. The van der Waals surface area contributed by atoms with Gasteiger partial charge in [0, 0.05) is 11.0 Å². The van der Waals surface area contributed by atoms with E-state index < -0.39 is 6.29 Å². The molecule has 1 fully saturated rings. The average molecular weight is 346 g/mol. The highest BCUT2D eigenvalue weighted by Gasteiger charge is 2.37. The van der Waals surface area contributed by atoms with Crippen molar-refractivity contribution in [2.75, 3.05) is 0 Å². The first kappa shape index (κ1) is 17.6. The number of rotatable bonds is 5. The third kappa shape index (κ3) is 4.22. The van der Waals surface area contributed by atoms with Crippen molar-refractivity contribution < 1.29 is 14.3 Å². The summed E-state index contributed by atoms with van der Waals surface area (Å²) in [7, 11) is 0. The lowest BCUT2D eigenvalue weighted by Crippen LogP contribution is -2.37. The fourth-order valence-corrected chi connectivity index (χ4v) is 4.53. The van der Waals surface area contributed by atoms with Crippen LogP contribution in [0.5, 0.6) is 0 Å². The quantitative estimate of drug-likeness (QED) is 0.701. The standard InChI is InChI=1S/C20H26O3S/c1-13(2)16-10-9-14(3)11-17(16)22-20-18(12-19(21)23-20)24-15-7-5-4-6-8-15/h4-8,12-14,16-17,20H,9-11H2,1-3H3/t14-,16+,17-,20+/m1/s1. The molecule has 0 N–H and O–H groups in total. The number of hydrogen-bond donors (Lipinski definition) is 0. The van der Waals surface area contributed by atoms with E-state index in [1.165, 1.54) is 12.8 Å². The molecule has 1 aliphatic heterocycles. The predicted octanol–water partition coefficient (Wildman–Crippen LogP) is 5.02. The Morgan fingerprint density at radius 3 is 2.67 bits per heavy atom. The highest BCUT2D eigenvalue weighted by molar-refractivity contribution is 8.03. The van der Waals surface area contributed by atoms with Crippen LogP contribution in [0, 0.1) is 17.8 Å². The van der Waals surface area contributed by atoms with Crippen molar-refractivity contribution in [3.63, 3.8) is 0 Å². The maximum absolute atomic E-state index is 11.8. The molecule has 4 atom stereocenters. The summed E-state index contributed by atoms with van der Waals surface area (Å²) in [5.41, 5.74) is 0. The molecular formula is C20H26O3S. The van der Waals surface area contributed by atoms with Gasteiger partial charge in [-0.3, -0.25) is 0 Å². The van der Waals surface area contributed by atoms with Gasteiger partial charge in [0.1, 0.15) is 0 Å². The fourth-order valence-electron chi connectivity index (χ4n) is 3.61. The van der Waals surface area contributed by atoms with Gasteiger partial charge in [-0.15, -0.1) is 0 Å². The second-order valence-corrected chi connectivity index (χ2v) is 8.38. The molecule has 4 heteroatoms. The molecule has 1 heterocycles. The summed E-state index contributed by atoms with van der Waals surface area (Å²) < 4.78 is 11.8. The normalized spacial score (nSPS) is 30.3. The summed E-state index contributed by atoms with van der Waals surface area (Å²) in [6, 6.07) is 10.0. The Morgan fingerprint density at radius 2 is 1.96 bits per heavy atom. The molecule has 3 rings (SSSR count). The van der Waals surface area contributed by atoms with Gasteiger partial charge in [-0.05, 0) is 42.7 Å². The number of thioether (sulfide) groups is 1. The van der Waals surface area contributed by atoms with E-state index in [1.54, 1.807) is 17.8 Å². The van der Waals surface area contributed by atoms with Crippen molar-refractivity contribution >= 4 is 17.7 Å². The smallest absolute Gasteiger partial charge is 0.334 e. The maximum atomic E-state index is 11.8. The van der Waals surface area contributed by atoms with Crippen LogP contribution in [0.3, 0.4) is 0 Å². The van der Waals surface area contributed by atoms with Crippen LogP contribution < -0.4 is 0 Å². The third-order valence-electron chi connectivity index (χ3n) is 4.95. The molecule has 0 bridgehead atoms.